The first kappa shape index (κ1) is 26.9. The Balaban J connectivity index is 1.32. The first-order valence-corrected chi connectivity index (χ1v) is 13.4. The van der Waals surface area contributed by atoms with E-state index >= 15 is 8.78 Å². The van der Waals surface area contributed by atoms with E-state index in [9.17, 15) is 14.4 Å². The highest BCUT2D eigenvalue weighted by atomic mass is 19.2. The van der Waals surface area contributed by atoms with Gasteiger partial charge in [0.1, 0.15) is 12.2 Å². The molecule has 2 unspecified atom stereocenters. The van der Waals surface area contributed by atoms with Gasteiger partial charge in [0, 0.05) is 12.5 Å². The lowest BCUT2D eigenvalue weighted by molar-refractivity contribution is -0.188. The van der Waals surface area contributed by atoms with Gasteiger partial charge in [-0.1, -0.05) is 30.3 Å². The fourth-order valence-electron chi connectivity index (χ4n) is 7.22. The number of methoxy groups -OCH3 is 1. The molecule has 0 amide bonds. The zero-order valence-electron chi connectivity index (χ0n) is 22.3. The first-order valence-electron chi connectivity index (χ1n) is 13.4. The lowest BCUT2D eigenvalue weighted by atomic mass is 9.48. The van der Waals surface area contributed by atoms with Gasteiger partial charge in [-0.15, -0.1) is 0 Å². The summed E-state index contributed by atoms with van der Waals surface area (Å²) in [6, 6.07) is 15.4. The van der Waals surface area contributed by atoms with Crippen LogP contribution in [0.2, 0.25) is 0 Å². The van der Waals surface area contributed by atoms with Crippen molar-refractivity contribution in [2.24, 2.45) is 17.3 Å². The topological polar surface area (TPSA) is 90.7 Å². The van der Waals surface area contributed by atoms with Crippen molar-refractivity contribution < 1.29 is 36.9 Å². The summed E-state index contributed by atoms with van der Waals surface area (Å²) in [6.45, 7) is 0.137. The van der Waals surface area contributed by atoms with Gasteiger partial charge in [0.25, 0.3) is 11.8 Å². The highest BCUT2D eigenvalue weighted by Gasteiger charge is 2.63. The van der Waals surface area contributed by atoms with Crippen LogP contribution in [0.1, 0.15) is 49.7 Å². The molecule has 10 heteroatoms. The van der Waals surface area contributed by atoms with Gasteiger partial charge in [0.15, 0.2) is 11.5 Å². The van der Waals surface area contributed by atoms with Crippen LogP contribution in [0.5, 0.6) is 23.1 Å². The molecular weight excluding hydrogens is 537 g/mol. The molecule has 0 radical (unpaired) electrons. The molecule has 4 aliphatic rings. The van der Waals surface area contributed by atoms with Crippen molar-refractivity contribution in [1.82, 2.24) is 4.98 Å². The zero-order valence-corrected chi connectivity index (χ0v) is 22.3. The summed E-state index contributed by atoms with van der Waals surface area (Å²) in [7, 11) is 1.33. The number of carbonyl (C=O) groups excluding carboxylic acids is 1. The number of esters is 1. The van der Waals surface area contributed by atoms with Gasteiger partial charge in [0.05, 0.1) is 24.2 Å². The SMILES string of the molecule is COC(=O)C12CC3CC(CC(Oc4c(F)c(F)nc(Oc5cc(C#N)ccc5OCc5ccccc5)c4F)(C3)C1)C2. The number of nitriles is 1. The number of carbonyl (C=O) groups is 1. The van der Waals surface area contributed by atoms with Crippen LogP contribution < -0.4 is 14.2 Å². The van der Waals surface area contributed by atoms with Crippen molar-refractivity contribution in [2.45, 2.75) is 50.7 Å². The van der Waals surface area contributed by atoms with E-state index in [0.29, 0.717) is 25.7 Å². The standard InChI is InChI=1S/C31H27F3N2O5/c1-38-29(37)30-11-20-9-21(12-30)14-31(13-20,17-30)41-26-24(32)27(34)36-28(25(26)33)40-23-10-19(15-35)7-8-22(23)39-16-18-5-3-2-4-6-18/h2-8,10,20-21H,9,11-14,16-17H2,1H3. The maximum Gasteiger partial charge on any atom is 0.311 e. The second-order valence-corrected chi connectivity index (χ2v) is 11.3. The van der Waals surface area contributed by atoms with Gasteiger partial charge >= 0.3 is 5.97 Å². The Morgan fingerprint density at radius 3 is 2.44 bits per heavy atom. The van der Waals surface area contributed by atoms with Crippen LogP contribution in [-0.4, -0.2) is 23.7 Å². The highest BCUT2D eigenvalue weighted by molar-refractivity contribution is 5.77. The molecule has 1 aromatic heterocycles. The number of halogens is 3. The van der Waals surface area contributed by atoms with Gasteiger partial charge in [-0.2, -0.15) is 23.4 Å². The van der Waals surface area contributed by atoms with E-state index in [1.807, 2.05) is 36.4 Å². The minimum atomic E-state index is -1.60. The van der Waals surface area contributed by atoms with Crippen molar-refractivity contribution in [1.29, 1.82) is 5.26 Å². The number of pyridine rings is 1. The van der Waals surface area contributed by atoms with Crippen LogP contribution in [0.4, 0.5) is 13.2 Å². The number of rotatable bonds is 8. The van der Waals surface area contributed by atoms with Gasteiger partial charge in [-0.05, 0) is 61.6 Å². The molecule has 7 nitrogen and oxygen atoms in total. The smallest absolute Gasteiger partial charge is 0.311 e. The zero-order chi connectivity index (χ0) is 28.8. The monoisotopic (exact) mass is 564 g/mol. The number of hydrogen-bond acceptors (Lipinski definition) is 7. The minimum absolute atomic E-state index is 0.109. The van der Waals surface area contributed by atoms with E-state index in [0.717, 1.165) is 12.0 Å². The lowest BCUT2D eigenvalue weighted by Gasteiger charge is -2.60. The fourth-order valence-corrected chi connectivity index (χ4v) is 7.22. The Bertz CT molecular complexity index is 1530. The van der Waals surface area contributed by atoms with Crippen LogP contribution >= 0.6 is 0 Å². The molecule has 0 aliphatic heterocycles. The molecule has 212 valence electrons. The Kier molecular flexibility index (Phi) is 6.76. The molecular formula is C31H27F3N2O5. The molecule has 4 saturated carbocycles. The summed E-state index contributed by atoms with van der Waals surface area (Å²) in [5.41, 5.74) is -0.834. The van der Waals surface area contributed by atoms with Crippen molar-refractivity contribution in [2.75, 3.05) is 7.11 Å². The number of hydrogen-bond donors (Lipinski definition) is 0. The molecule has 2 aromatic carbocycles. The van der Waals surface area contributed by atoms with E-state index < -0.39 is 40.2 Å². The van der Waals surface area contributed by atoms with E-state index in [1.54, 1.807) is 0 Å². The maximum absolute atomic E-state index is 15.9. The molecule has 1 heterocycles. The molecule has 0 saturated heterocycles. The lowest BCUT2D eigenvalue weighted by Crippen LogP contribution is -2.60. The molecule has 2 atom stereocenters. The third-order valence-electron chi connectivity index (χ3n) is 8.43. The van der Waals surface area contributed by atoms with E-state index in [2.05, 4.69) is 4.98 Å². The first-order chi connectivity index (χ1) is 19.7. The number of aromatic nitrogens is 1. The number of nitrogens with zero attached hydrogens (tertiary/aromatic N) is 2. The summed E-state index contributed by atoms with van der Waals surface area (Å²) in [5.74, 6) is -6.40. The van der Waals surface area contributed by atoms with E-state index in [1.165, 1.54) is 25.3 Å². The Labute approximate surface area is 234 Å². The fraction of sp³-hybridized carbons (Fsp3) is 0.387. The molecule has 4 bridgehead atoms. The number of benzene rings is 2. The molecule has 0 spiro atoms. The predicted molar refractivity (Wildman–Crippen MR) is 139 cm³/mol. The van der Waals surface area contributed by atoms with Crippen LogP contribution in [0, 0.1) is 46.2 Å². The van der Waals surface area contributed by atoms with E-state index in [-0.39, 0.29) is 47.9 Å². The largest absolute Gasteiger partial charge is 0.485 e. The summed E-state index contributed by atoms with van der Waals surface area (Å²) in [5, 5.41) is 9.38. The summed E-state index contributed by atoms with van der Waals surface area (Å²) < 4.78 is 68.3. The normalized spacial score (nSPS) is 25.8. The van der Waals surface area contributed by atoms with Gasteiger partial charge in [-0.25, -0.2) is 0 Å². The Hall–Kier alpha value is -4.26. The molecule has 3 aromatic rings. The van der Waals surface area contributed by atoms with Crippen LogP contribution in [0.25, 0.3) is 0 Å². The van der Waals surface area contributed by atoms with Crippen molar-refractivity contribution >= 4 is 5.97 Å². The molecule has 4 aliphatic carbocycles. The van der Waals surface area contributed by atoms with Crippen molar-refractivity contribution in [3.63, 3.8) is 0 Å². The summed E-state index contributed by atoms with van der Waals surface area (Å²) in [4.78, 5) is 16.1. The second-order valence-electron chi connectivity index (χ2n) is 11.3. The summed E-state index contributed by atoms with van der Waals surface area (Å²) >= 11 is 0. The van der Waals surface area contributed by atoms with Gasteiger partial charge in [-0.3, -0.25) is 4.79 Å². The quantitative estimate of drug-likeness (QED) is 0.224. The Morgan fingerprint density at radius 2 is 1.76 bits per heavy atom. The van der Waals surface area contributed by atoms with Gasteiger partial charge < -0.3 is 18.9 Å². The minimum Gasteiger partial charge on any atom is -0.485 e. The third-order valence-corrected chi connectivity index (χ3v) is 8.43. The molecule has 7 rings (SSSR count). The average Bonchev–Trinajstić information content (AvgIpc) is 2.96. The predicted octanol–water partition coefficient (Wildman–Crippen LogP) is 6.63. The van der Waals surface area contributed by atoms with Crippen molar-refractivity contribution in [3.05, 3.63) is 77.2 Å². The molecule has 4 fully saturated rings. The van der Waals surface area contributed by atoms with E-state index in [4.69, 9.17) is 18.9 Å². The van der Waals surface area contributed by atoms with Crippen molar-refractivity contribution in [3.8, 4) is 29.2 Å². The molecule has 41 heavy (non-hydrogen) atoms. The van der Waals surface area contributed by atoms with Crippen LogP contribution in [-0.2, 0) is 16.1 Å². The highest BCUT2D eigenvalue weighted by Crippen LogP contribution is 2.63. The maximum atomic E-state index is 15.9. The Morgan fingerprint density at radius 1 is 1.02 bits per heavy atom. The third kappa shape index (κ3) is 4.94. The second kappa shape index (κ2) is 10.3. The average molecular weight is 565 g/mol. The van der Waals surface area contributed by atoms with Gasteiger partial charge in [0.2, 0.25) is 17.4 Å². The van der Waals surface area contributed by atoms with Crippen LogP contribution in [0.15, 0.2) is 48.5 Å². The number of ether oxygens (including phenoxy) is 4. The molecule has 0 N–H and O–H groups in total. The van der Waals surface area contributed by atoms with Crippen LogP contribution in [0.3, 0.4) is 0 Å². The summed E-state index contributed by atoms with van der Waals surface area (Å²) in [6.07, 6.45) is 3.36.